The second kappa shape index (κ2) is 6.17. The Morgan fingerprint density at radius 3 is 2.57 bits per heavy atom. The maximum absolute atomic E-state index is 13.6. The van der Waals surface area contributed by atoms with E-state index in [0.29, 0.717) is 29.8 Å². The molecule has 0 radical (unpaired) electrons. The van der Waals surface area contributed by atoms with Crippen LogP contribution in [0.1, 0.15) is 18.3 Å². The number of hydrogen-bond acceptors (Lipinski definition) is 2. The molecule has 0 amide bonds. The number of halogens is 2. The van der Waals surface area contributed by atoms with E-state index >= 15 is 0 Å². The summed E-state index contributed by atoms with van der Waals surface area (Å²) in [7, 11) is 0. The minimum absolute atomic E-state index is 0.255. The van der Waals surface area contributed by atoms with Crippen molar-refractivity contribution in [2.24, 2.45) is 5.92 Å². The van der Waals surface area contributed by atoms with Gasteiger partial charge in [-0.2, -0.15) is 5.26 Å². The van der Waals surface area contributed by atoms with Crippen LogP contribution in [0.4, 0.5) is 8.78 Å². The van der Waals surface area contributed by atoms with E-state index in [4.69, 9.17) is 5.26 Å². The van der Waals surface area contributed by atoms with Crippen molar-refractivity contribution in [3.63, 3.8) is 0 Å². The molecule has 1 heterocycles. The Hall–Kier alpha value is -2.74. The molecule has 2 aromatic carbocycles. The summed E-state index contributed by atoms with van der Waals surface area (Å²) in [4.78, 5) is 4.44. The van der Waals surface area contributed by atoms with Gasteiger partial charge in [-0.15, -0.1) is 0 Å². The van der Waals surface area contributed by atoms with E-state index in [9.17, 15) is 8.78 Å². The summed E-state index contributed by atoms with van der Waals surface area (Å²) in [6, 6.07) is 14.1. The summed E-state index contributed by atoms with van der Waals surface area (Å²) >= 11 is 0. The van der Waals surface area contributed by atoms with E-state index in [2.05, 4.69) is 11.1 Å². The molecule has 3 rings (SSSR count). The third kappa shape index (κ3) is 3.07. The summed E-state index contributed by atoms with van der Waals surface area (Å²) in [5.74, 6) is -1.38. The van der Waals surface area contributed by atoms with Gasteiger partial charge in [0.1, 0.15) is 5.82 Å². The molecule has 1 unspecified atom stereocenters. The average molecular weight is 311 g/mol. The van der Waals surface area contributed by atoms with Gasteiger partial charge in [0.2, 0.25) is 0 Å². The van der Waals surface area contributed by atoms with Crippen LogP contribution in [0.2, 0.25) is 0 Å². The molecule has 0 bridgehead atoms. The summed E-state index contributed by atoms with van der Waals surface area (Å²) in [5, 5.41) is 9.07. The number of imidazole rings is 1. The number of nitriles is 1. The van der Waals surface area contributed by atoms with E-state index in [1.54, 1.807) is 11.5 Å². The van der Waals surface area contributed by atoms with Crippen LogP contribution in [0, 0.1) is 28.9 Å². The van der Waals surface area contributed by atoms with Crippen LogP contribution in [-0.2, 0) is 13.0 Å². The summed E-state index contributed by atoms with van der Waals surface area (Å²) in [5.41, 5.74) is 1.96. The van der Waals surface area contributed by atoms with E-state index in [1.165, 1.54) is 0 Å². The lowest BCUT2D eigenvalue weighted by atomic mass is 10.1. The first kappa shape index (κ1) is 15.2. The van der Waals surface area contributed by atoms with Crippen molar-refractivity contribution >= 4 is 11.0 Å². The first-order chi connectivity index (χ1) is 11.1. The van der Waals surface area contributed by atoms with Crippen LogP contribution in [0.5, 0.6) is 0 Å². The Kier molecular flexibility index (Phi) is 4.07. The monoisotopic (exact) mass is 311 g/mol. The standard InChI is InChI=1S/C18H15F2N3/c1-12(10-21)11-23-17-9-15(20)14(19)8-16(17)22-18(23)7-13-5-3-2-4-6-13/h2-6,8-9,12H,7,11H2,1H3. The van der Waals surface area contributed by atoms with Gasteiger partial charge in [-0.25, -0.2) is 13.8 Å². The Balaban J connectivity index is 2.11. The maximum Gasteiger partial charge on any atom is 0.161 e. The van der Waals surface area contributed by atoms with E-state index < -0.39 is 11.6 Å². The predicted octanol–water partition coefficient (Wildman–Crippen LogP) is 4.06. The molecular weight excluding hydrogens is 296 g/mol. The van der Waals surface area contributed by atoms with Crippen molar-refractivity contribution in [2.75, 3.05) is 0 Å². The van der Waals surface area contributed by atoms with Gasteiger partial charge in [-0.05, 0) is 12.5 Å². The fourth-order valence-corrected chi connectivity index (χ4v) is 2.60. The van der Waals surface area contributed by atoms with Crippen LogP contribution >= 0.6 is 0 Å². The lowest BCUT2D eigenvalue weighted by Crippen LogP contribution is -2.10. The molecule has 3 nitrogen and oxygen atoms in total. The average Bonchev–Trinajstić information content (AvgIpc) is 2.85. The molecule has 0 N–H and O–H groups in total. The molecular formula is C18H15F2N3. The van der Waals surface area contributed by atoms with Crippen LogP contribution in [-0.4, -0.2) is 9.55 Å². The topological polar surface area (TPSA) is 41.6 Å². The quantitative estimate of drug-likeness (QED) is 0.729. The lowest BCUT2D eigenvalue weighted by molar-refractivity contribution is 0.509. The zero-order chi connectivity index (χ0) is 16.4. The third-order valence-electron chi connectivity index (χ3n) is 3.75. The zero-order valence-electron chi connectivity index (χ0n) is 12.6. The molecule has 1 aromatic heterocycles. The van der Waals surface area contributed by atoms with Crippen LogP contribution in [0.15, 0.2) is 42.5 Å². The lowest BCUT2D eigenvalue weighted by Gasteiger charge is -2.10. The number of aromatic nitrogens is 2. The molecule has 23 heavy (non-hydrogen) atoms. The van der Waals surface area contributed by atoms with Crippen molar-refractivity contribution in [1.82, 2.24) is 9.55 Å². The van der Waals surface area contributed by atoms with Crippen molar-refractivity contribution < 1.29 is 8.78 Å². The SMILES string of the molecule is CC(C#N)Cn1c(Cc2ccccc2)nc2cc(F)c(F)cc21. The Morgan fingerprint density at radius 1 is 1.17 bits per heavy atom. The van der Waals surface area contributed by atoms with Gasteiger partial charge in [0.15, 0.2) is 11.6 Å². The normalized spacial score (nSPS) is 12.3. The Bertz CT molecular complexity index is 879. The van der Waals surface area contributed by atoms with Crippen molar-refractivity contribution in [1.29, 1.82) is 5.26 Å². The van der Waals surface area contributed by atoms with Gasteiger partial charge in [0.05, 0.1) is 23.0 Å². The highest BCUT2D eigenvalue weighted by Gasteiger charge is 2.16. The van der Waals surface area contributed by atoms with E-state index in [0.717, 1.165) is 17.7 Å². The van der Waals surface area contributed by atoms with Crippen LogP contribution in [0.3, 0.4) is 0 Å². The van der Waals surface area contributed by atoms with Gasteiger partial charge in [-0.1, -0.05) is 30.3 Å². The first-order valence-electron chi connectivity index (χ1n) is 7.36. The number of hydrogen-bond donors (Lipinski definition) is 0. The van der Waals surface area contributed by atoms with Gasteiger partial charge < -0.3 is 4.57 Å². The molecule has 0 aliphatic rings. The van der Waals surface area contributed by atoms with E-state index in [1.807, 2.05) is 30.3 Å². The highest BCUT2D eigenvalue weighted by Crippen LogP contribution is 2.23. The molecule has 0 saturated carbocycles. The minimum Gasteiger partial charge on any atom is -0.326 e. The molecule has 0 fully saturated rings. The summed E-state index contributed by atoms with van der Waals surface area (Å²) in [6.07, 6.45) is 0.539. The Morgan fingerprint density at radius 2 is 1.87 bits per heavy atom. The zero-order valence-corrected chi connectivity index (χ0v) is 12.6. The molecule has 116 valence electrons. The number of benzene rings is 2. The predicted molar refractivity (Wildman–Crippen MR) is 83.7 cm³/mol. The molecule has 5 heteroatoms. The van der Waals surface area contributed by atoms with E-state index in [-0.39, 0.29) is 5.92 Å². The molecule has 3 aromatic rings. The highest BCUT2D eigenvalue weighted by molar-refractivity contribution is 5.76. The van der Waals surface area contributed by atoms with Gasteiger partial charge >= 0.3 is 0 Å². The molecule has 1 atom stereocenters. The third-order valence-corrected chi connectivity index (χ3v) is 3.75. The molecule has 0 aliphatic carbocycles. The highest BCUT2D eigenvalue weighted by atomic mass is 19.2. The number of rotatable bonds is 4. The van der Waals surface area contributed by atoms with Crippen molar-refractivity contribution in [3.05, 3.63) is 65.5 Å². The molecule has 0 aliphatic heterocycles. The second-order valence-electron chi connectivity index (χ2n) is 5.59. The Labute approximate surface area is 132 Å². The smallest absolute Gasteiger partial charge is 0.161 e. The van der Waals surface area contributed by atoms with Crippen LogP contribution < -0.4 is 0 Å². The minimum atomic E-state index is -0.915. The van der Waals surface area contributed by atoms with Crippen LogP contribution in [0.25, 0.3) is 11.0 Å². The van der Waals surface area contributed by atoms with Gasteiger partial charge in [0, 0.05) is 25.1 Å². The largest absolute Gasteiger partial charge is 0.326 e. The van der Waals surface area contributed by atoms with Crippen molar-refractivity contribution in [2.45, 2.75) is 19.9 Å². The maximum atomic E-state index is 13.6. The molecule has 0 spiro atoms. The van der Waals surface area contributed by atoms with Crippen molar-refractivity contribution in [3.8, 4) is 6.07 Å². The van der Waals surface area contributed by atoms with Gasteiger partial charge in [-0.3, -0.25) is 0 Å². The molecule has 0 saturated heterocycles. The second-order valence-corrected chi connectivity index (χ2v) is 5.59. The fraction of sp³-hybridized carbons (Fsp3) is 0.222. The van der Waals surface area contributed by atoms with Gasteiger partial charge in [0.25, 0.3) is 0 Å². The summed E-state index contributed by atoms with van der Waals surface area (Å²) < 4.78 is 28.9. The first-order valence-corrected chi connectivity index (χ1v) is 7.36. The number of nitrogens with zero attached hydrogens (tertiary/aromatic N) is 3. The summed E-state index contributed by atoms with van der Waals surface area (Å²) in [6.45, 7) is 2.18. The number of fused-ring (bicyclic) bond motifs is 1. The fourth-order valence-electron chi connectivity index (χ4n) is 2.60.